The Labute approximate surface area is 210 Å². The molecule has 0 aliphatic heterocycles. The van der Waals surface area contributed by atoms with E-state index in [0.717, 1.165) is 23.0 Å². The van der Waals surface area contributed by atoms with Gasteiger partial charge in [0.25, 0.3) is 11.3 Å². The van der Waals surface area contributed by atoms with E-state index in [1.165, 1.54) is 25.1 Å². The largest absolute Gasteiger partial charge is 0.618 e. The third-order valence-electron chi connectivity index (χ3n) is 5.15. The number of alkyl halides is 2. The molecule has 3 rings (SSSR count). The number of pyridine rings is 1. The molecule has 192 valence electrons. The van der Waals surface area contributed by atoms with Crippen LogP contribution in [-0.4, -0.2) is 36.2 Å². The van der Waals surface area contributed by atoms with Crippen LogP contribution in [0.2, 0.25) is 5.15 Å². The number of benzene rings is 1. The summed E-state index contributed by atoms with van der Waals surface area (Å²) in [6.07, 6.45) is 1.93. The van der Waals surface area contributed by atoms with Gasteiger partial charge in [0, 0.05) is 18.7 Å². The molecule has 0 fully saturated rings. The highest BCUT2D eigenvalue weighted by Gasteiger charge is 2.39. The fourth-order valence-corrected chi connectivity index (χ4v) is 4.56. The van der Waals surface area contributed by atoms with E-state index in [1.807, 2.05) is 0 Å². The van der Waals surface area contributed by atoms with Gasteiger partial charge in [-0.1, -0.05) is 36.7 Å². The maximum absolute atomic E-state index is 14.5. The number of carbonyl (C=O) groups excluding carboxylic acids is 1. The molecule has 0 saturated heterocycles. The molecule has 0 atom stereocenters. The van der Waals surface area contributed by atoms with Gasteiger partial charge in [-0.05, 0) is 17.7 Å². The SMILES string of the molecule is CCS(=O)(=O)c1ccccc1CNC(=O)Cn1c(Cl)cnc(NCC(F)(F)c2cccc[n+]2[O-])c1=O. The Kier molecular flexibility index (Phi) is 8.25. The first-order valence-corrected chi connectivity index (χ1v) is 12.6. The van der Waals surface area contributed by atoms with Gasteiger partial charge >= 0.3 is 5.92 Å². The smallest absolute Gasteiger partial charge is 0.347 e. The summed E-state index contributed by atoms with van der Waals surface area (Å²) in [7, 11) is -3.52. The Balaban J connectivity index is 1.72. The van der Waals surface area contributed by atoms with E-state index >= 15 is 0 Å². The van der Waals surface area contributed by atoms with Gasteiger partial charge in [-0.3, -0.25) is 14.2 Å². The van der Waals surface area contributed by atoms with Crippen molar-refractivity contribution in [2.45, 2.75) is 30.8 Å². The minimum atomic E-state index is -3.63. The lowest BCUT2D eigenvalue weighted by Gasteiger charge is -2.17. The molecule has 14 heteroatoms. The number of aromatic nitrogens is 3. The van der Waals surface area contributed by atoms with Crippen LogP contribution in [0.25, 0.3) is 0 Å². The molecule has 1 aromatic carbocycles. The molecule has 0 aliphatic carbocycles. The first-order chi connectivity index (χ1) is 17.0. The molecule has 2 N–H and O–H groups in total. The first kappa shape index (κ1) is 27.0. The molecule has 0 saturated carbocycles. The molecule has 0 bridgehead atoms. The van der Waals surface area contributed by atoms with Crippen LogP contribution < -0.4 is 20.9 Å². The van der Waals surface area contributed by atoms with Gasteiger partial charge in [0.15, 0.2) is 21.9 Å². The molecule has 2 heterocycles. The average molecular weight is 542 g/mol. The first-order valence-electron chi connectivity index (χ1n) is 10.6. The van der Waals surface area contributed by atoms with E-state index in [0.29, 0.717) is 5.56 Å². The van der Waals surface area contributed by atoms with E-state index in [9.17, 15) is 32.0 Å². The Hall–Kier alpha value is -3.58. The number of anilines is 1. The van der Waals surface area contributed by atoms with Crippen LogP contribution >= 0.6 is 11.6 Å². The highest BCUT2D eigenvalue weighted by atomic mass is 35.5. The topological polar surface area (TPSA) is 137 Å². The molecule has 0 spiro atoms. The van der Waals surface area contributed by atoms with E-state index in [-0.39, 0.29) is 27.1 Å². The molecule has 1 amide bonds. The molecule has 3 aromatic rings. The molecular weight excluding hydrogens is 520 g/mol. The average Bonchev–Trinajstić information content (AvgIpc) is 2.85. The summed E-state index contributed by atoms with van der Waals surface area (Å²) in [6, 6.07) is 9.70. The van der Waals surface area contributed by atoms with Crippen molar-refractivity contribution in [1.82, 2.24) is 14.9 Å². The molecular formula is C22H22ClF2N5O5S. The predicted molar refractivity (Wildman–Crippen MR) is 127 cm³/mol. The number of halogens is 3. The fraction of sp³-hybridized carbons (Fsp3) is 0.273. The lowest BCUT2D eigenvalue weighted by atomic mass is 10.2. The van der Waals surface area contributed by atoms with Gasteiger partial charge in [-0.25, -0.2) is 13.4 Å². The van der Waals surface area contributed by atoms with Crippen LogP contribution in [0, 0.1) is 5.21 Å². The second kappa shape index (κ2) is 11.0. The van der Waals surface area contributed by atoms with Crippen LogP contribution in [0.4, 0.5) is 14.6 Å². The zero-order valence-corrected chi connectivity index (χ0v) is 20.5. The monoisotopic (exact) mass is 541 g/mol. The van der Waals surface area contributed by atoms with Crippen LogP contribution in [0.15, 0.2) is 64.5 Å². The Morgan fingerprint density at radius 2 is 1.92 bits per heavy atom. The van der Waals surface area contributed by atoms with E-state index in [4.69, 9.17) is 11.6 Å². The van der Waals surface area contributed by atoms with Gasteiger partial charge in [-0.15, -0.1) is 0 Å². The third kappa shape index (κ3) is 6.15. The van der Waals surface area contributed by atoms with Gasteiger partial charge < -0.3 is 15.8 Å². The molecule has 0 unspecified atom stereocenters. The molecule has 0 aliphatic rings. The lowest BCUT2D eigenvalue weighted by Crippen LogP contribution is -2.41. The van der Waals surface area contributed by atoms with E-state index < -0.39 is 51.8 Å². The zero-order chi connectivity index (χ0) is 26.5. The quantitative estimate of drug-likeness (QED) is 0.295. The maximum Gasteiger partial charge on any atom is 0.347 e. The van der Waals surface area contributed by atoms with Crippen LogP contribution in [0.5, 0.6) is 0 Å². The second-order valence-electron chi connectivity index (χ2n) is 7.58. The minimum Gasteiger partial charge on any atom is -0.618 e. The lowest BCUT2D eigenvalue weighted by molar-refractivity contribution is -0.624. The van der Waals surface area contributed by atoms with Crippen molar-refractivity contribution in [1.29, 1.82) is 0 Å². The summed E-state index contributed by atoms with van der Waals surface area (Å²) in [4.78, 5) is 29.0. The highest BCUT2D eigenvalue weighted by molar-refractivity contribution is 7.91. The molecule has 0 radical (unpaired) electrons. The standard InChI is InChI=1S/C22H22ClF2N5O5S/c1-2-36(34,35)16-8-4-3-7-15(16)11-26-19(31)13-29-18(23)12-27-20(21(29)32)28-14-22(24,25)17-9-5-6-10-30(17)33/h3-10,12H,2,11,13-14H2,1H3,(H,26,31)(H,27,28). The summed E-state index contributed by atoms with van der Waals surface area (Å²) in [5.74, 6) is -4.93. The van der Waals surface area contributed by atoms with E-state index in [2.05, 4.69) is 15.6 Å². The maximum atomic E-state index is 14.5. The summed E-state index contributed by atoms with van der Waals surface area (Å²) in [6.45, 7) is -0.317. The van der Waals surface area contributed by atoms with Gasteiger partial charge in [0.1, 0.15) is 11.7 Å². The normalized spacial score (nSPS) is 11.8. The van der Waals surface area contributed by atoms with Gasteiger partial charge in [0.2, 0.25) is 5.91 Å². The number of hydrogen-bond donors (Lipinski definition) is 2. The Morgan fingerprint density at radius 3 is 2.61 bits per heavy atom. The number of hydrogen-bond acceptors (Lipinski definition) is 7. The predicted octanol–water partition coefficient (Wildman–Crippen LogP) is 1.84. The van der Waals surface area contributed by atoms with Crippen molar-refractivity contribution in [3.05, 3.63) is 86.8 Å². The highest BCUT2D eigenvalue weighted by Crippen LogP contribution is 2.25. The number of nitrogens with zero attached hydrogens (tertiary/aromatic N) is 3. The summed E-state index contributed by atoms with van der Waals surface area (Å²) in [5, 5.41) is 16.2. The second-order valence-corrected chi connectivity index (χ2v) is 10.2. The van der Waals surface area contributed by atoms with Crippen molar-refractivity contribution in [3.8, 4) is 0 Å². The van der Waals surface area contributed by atoms with Crippen LogP contribution in [0.1, 0.15) is 18.2 Å². The van der Waals surface area contributed by atoms with Crippen molar-refractivity contribution in [3.63, 3.8) is 0 Å². The minimum absolute atomic E-state index is 0.0174. The zero-order valence-electron chi connectivity index (χ0n) is 18.9. The van der Waals surface area contributed by atoms with Crippen molar-refractivity contribution in [2.75, 3.05) is 17.6 Å². The molecule has 2 aromatic heterocycles. The Morgan fingerprint density at radius 1 is 1.22 bits per heavy atom. The van der Waals surface area contributed by atoms with Crippen LogP contribution in [-0.2, 0) is 33.6 Å². The van der Waals surface area contributed by atoms with E-state index in [1.54, 1.807) is 18.2 Å². The number of amides is 1. The van der Waals surface area contributed by atoms with Gasteiger partial charge in [-0.2, -0.15) is 13.5 Å². The summed E-state index contributed by atoms with van der Waals surface area (Å²) < 4.78 is 54.3. The number of rotatable bonds is 10. The Bertz CT molecular complexity index is 1430. The number of sulfone groups is 1. The summed E-state index contributed by atoms with van der Waals surface area (Å²) in [5.41, 5.74) is -1.40. The van der Waals surface area contributed by atoms with Crippen LogP contribution in [0.3, 0.4) is 0 Å². The number of carbonyl (C=O) groups is 1. The summed E-state index contributed by atoms with van der Waals surface area (Å²) >= 11 is 5.99. The molecule has 36 heavy (non-hydrogen) atoms. The fourth-order valence-electron chi connectivity index (χ4n) is 3.24. The third-order valence-corrected chi connectivity index (χ3v) is 7.28. The van der Waals surface area contributed by atoms with Crippen molar-refractivity contribution in [2.24, 2.45) is 0 Å². The van der Waals surface area contributed by atoms with Crippen molar-refractivity contribution < 1.29 is 26.7 Å². The van der Waals surface area contributed by atoms with Crippen molar-refractivity contribution >= 4 is 33.2 Å². The van der Waals surface area contributed by atoms with Gasteiger partial charge in [0.05, 0.1) is 23.4 Å². The molecule has 10 nitrogen and oxygen atoms in total. The number of nitrogens with one attached hydrogen (secondary N) is 2.